The molecule has 3 aromatic rings. The summed E-state index contributed by atoms with van der Waals surface area (Å²) in [6.07, 6.45) is 1.27. The van der Waals surface area contributed by atoms with Gasteiger partial charge in [-0.25, -0.2) is 0 Å². The highest BCUT2D eigenvalue weighted by atomic mass is 35.5. The summed E-state index contributed by atoms with van der Waals surface area (Å²) >= 11 is 6.16. The van der Waals surface area contributed by atoms with Crippen LogP contribution in [0.1, 0.15) is 28.6 Å². The summed E-state index contributed by atoms with van der Waals surface area (Å²) in [6.45, 7) is 5.61. The van der Waals surface area contributed by atoms with Crippen LogP contribution in [0.15, 0.2) is 59.0 Å². The fourth-order valence-corrected chi connectivity index (χ4v) is 3.87. The van der Waals surface area contributed by atoms with Crippen LogP contribution in [0.5, 0.6) is 0 Å². The highest BCUT2D eigenvalue weighted by Gasteiger charge is 2.18. The molecule has 0 spiro atoms. The van der Waals surface area contributed by atoms with E-state index < -0.39 is 0 Å². The van der Waals surface area contributed by atoms with Crippen LogP contribution in [0, 0.1) is 0 Å². The van der Waals surface area contributed by atoms with Crippen molar-refractivity contribution in [2.75, 3.05) is 44.2 Å². The Bertz CT molecular complexity index is 986. The first kappa shape index (κ1) is 21.3. The molecular formula is C23H26ClN5O2. The largest absolute Gasteiger partial charge is 0.417 e. The number of hydrogen-bond acceptors (Lipinski definition) is 6. The normalized spacial score (nSPS) is 14.5. The van der Waals surface area contributed by atoms with Gasteiger partial charge in [-0.2, -0.15) is 0 Å². The molecule has 0 unspecified atom stereocenters. The van der Waals surface area contributed by atoms with E-state index in [2.05, 4.69) is 49.6 Å². The van der Waals surface area contributed by atoms with E-state index in [4.69, 9.17) is 16.0 Å². The zero-order chi connectivity index (χ0) is 21.5. The summed E-state index contributed by atoms with van der Waals surface area (Å²) < 4.78 is 5.50. The predicted octanol–water partition coefficient (Wildman–Crippen LogP) is 3.26. The maximum Gasteiger partial charge on any atom is 0.308 e. The molecule has 0 radical (unpaired) electrons. The number of aromatic nitrogens is 2. The van der Waals surface area contributed by atoms with Gasteiger partial charge in [-0.3, -0.25) is 9.69 Å². The lowest BCUT2D eigenvalue weighted by molar-refractivity contribution is 0.0915. The number of nitrogens with zero attached hydrogens (tertiary/aromatic N) is 4. The van der Waals surface area contributed by atoms with Crippen LogP contribution in [0.4, 0.5) is 5.69 Å². The fraction of sp³-hybridized carbons (Fsp3) is 0.348. The summed E-state index contributed by atoms with van der Waals surface area (Å²) in [6, 6.07) is 18.0. The standard InChI is InChI=1S/C23H26ClN5O2/c24-20-10-5-4-7-18(20)17-21-26-27-23(31-21)22(30)25-11-6-12-28-13-15-29(16-14-28)19-8-2-1-3-9-19/h1-5,7-10H,6,11-17H2,(H,25,30). The maximum atomic E-state index is 12.3. The number of amides is 1. The summed E-state index contributed by atoms with van der Waals surface area (Å²) in [5, 5.41) is 11.3. The van der Waals surface area contributed by atoms with Crippen molar-refractivity contribution in [3.8, 4) is 0 Å². The molecule has 1 aliphatic heterocycles. The van der Waals surface area contributed by atoms with E-state index in [1.807, 2.05) is 30.3 Å². The minimum Gasteiger partial charge on any atom is -0.417 e. The van der Waals surface area contributed by atoms with Gasteiger partial charge in [0, 0.05) is 43.4 Å². The first-order valence-corrected chi connectivity index (χ1v) is 10.9. The molecule has 2 aromatic carbocycles. The number of piperazine rings is 1. The summed E-state index contributed by atoms with van der Waals surface area (Å²) in [5.74, 6) is 0.0138. The van der Waals surface area contributed by atoms with Crippen LogP contribution >= 0.6 is 11.6 Å². The fourth-order valence-electron chi connectivity index (χ4n) is 3.67. The zero-order valence-corrected chi connectivity index (χ0v) is 18.1. The van der Waals surface area contributed by atoms with E-state index in [1.54, 1.807) is 0 Å². The molecule has 1 saturated heterocycles. The first-order valence-electron chi connectivity index (χ1n) is 10.6. The van der Waals surface area contributed by atoms with Gasteiger partial charge in [-0.05, 0) is 36.7 Å². The molecular weight excluding hydrogens is 414 g/mol. The summed E-state index contributed by atoms with van der Waals surface area (Å²) in [7, 11) is 0. The highest BCUT2D eigenvalue weighted by molar-refractivity contribution is 6.31. The van der Waals surface area contributed by atoms with Crippen molar-refractivity contribution in [1.82, 2.24) is 20.4 Å². The van der Waals surface area contributed by atoms with E-state index in [-0.39, 0.29) is 11.8 Å². The van der Waals surface area contributed by atoms with Crippen LogP contribution in [0.3, 0.4) is 0 Å². The second kappa shape index (κ2) is 10.4. The Labute approximate surface area is 187 Å². The molecule has 0 atom stereocenters. The molecule has 162 valence electrons. The van der Waals surface area contributed by atoms with Crippen LogP contribution in [-0.2, 0) is 6.42 Å². The van der Waals surface area contributed by atoms with Gasteiger partial charge in [0.2, 0.25) is 5.89 Å². The van der Waals surface area contributed by atoms with Crippen LogP contribution in [-0.4, -0.2) is 60.3 Å². The average molecular weight is 440 g/mol. The summed E-state index contributed by atoms with van der Waals surface area (Å²) in [5.41, 5.74) is 2.16. The Morgan fingerprint density at radius 3 is 2.52 bits per heavy atom. The lowest BCUT2D eigenvalue weighted by Crippen LogP contribution is -2.47. The van der Waals surface area contributed by atoms with Crippen molar-refractivity contribution in [2.24, 2.45) is 0 Å². The molecule has 4 rings (SSSR count). The molecule has 0 aliphatic carbocycles. The third kappa shape index (κ3) is 5.83. The lowest BCUT2D eigenvalue weighted by atomic mass is 10.1. The molecule has 1 fully saturated rings. The van der Waals surface area contributed by atoms with Crippen LogP contribution in [0.25, 0.3) is 0 Å². The maximum absolute atomic E-state index is 12.3. The topological polar surface area (TPSA) is 74.5 Å². The third-order valence-corrected chi connectivity index (χ3v) is 5.76. The van der Waals surface area contributed by atoms with E-state index in [0.29, 0.717) is 23.9 Å². The number of carbonyl (C=O) groups excluding carboxylic acids is 1. The van der Waals surface area contributed by atoms with E-state index in [1.165, 1.54) is 5.69 Å². The smallest absolute Gasteiger partial charge is 0.308 e. The van der Waals surface area contributed by atoms with Crippen molar-refractivity contribution < 1.29 is 9.21 Å². The monoisotopic (exact) mass is 439 g/mol. The second-order valence-electron chi connectivity index (χ2n) is 7.54. The Kier molecular flexibility index (Phi) is 7.17. The number of nitrogens with one attached hydrogen (secondary N) is 1. The zero-order valence-electron chi connectivity index (χ0n) is 17.3. The van der Waals surface area contributed by atoms with Gasteiger partial charge in [0.1, 0.15) is 0 Å². The number of para-hydroxylation sites is 1. The lowest BCUT2D eigenvalue weighted by Gasteiger charge is -2.36. The average Bonchev–Trinajstić information content (AvgIpc) is 3.28. The van der Waals surface area contributed by atoms with Gasteiger partial charge < -0.3 is 14.6 Å². The Morgan fingerprint density at radius 1 is 1.00 bits per heavy atom. The Hall–Kier alpha value is -2.90. The second-order valence-corrected chi connectivity index (χ2v) is 7.95. The van der Waals surface area contributed by atoms with Crippen molar-refractivity contribution in [1.29, 1.82) is 0 Å². The van der Waals surface area contributed by atoms with Gasteiger partial charge in [0.15, 0.2) is 0 Å². The van der Waals surface area contributed by atoms with Gasteiger partial charge >= 0.3 is 11.8 Å². The van der Waals surface area contributed by atoms with E-state index >= 15 is 0 Å². The quantitative estimate of drug-likeness (QED) is 0.543. The van der Waals surface area contributed by atoms with Gasteiger partial charge in [0.25, 0.3) is 0 Å². The number of hydrogen-bond donors (Lipinski definition) is 1. The van der Waals surface area contributed by atoms with Crippen molar-refractivity contribution in [3.63, 3.8) is 0 Å². The van der Waals surface area contributed by atoms with Crippen molar-refractivity contribution in [2.45, 2.75) is 12.8 Å². The first-order chi connectivity index (χ1) is 15.2. The predicted molar refractivity (Wildman–Crippen MR) is 121 cm³/mol. The molecule has 1 amide bonds. The molecule has 31 heavy (non-hydrogen) atoms. The Morgan fingerprint density at radius 2 is 1.74 bits per heavy atom. The molecule has 1 aromatic heterocycles. The summed E-state index contributed by atoms with van der Waals surface area (Å²) in [4.78, 5) is 17.1. The number of halogens is 1. The molecule has 0 saturated carbocycles. The molecule has 7 nitrogen and oxygen atoms in total. The number of carbonyl (C=O) groups is 1. The van der Waals surface area contributed by atoms with Gasteiger partial charge in [-0.1, -0.05) is 48.0 Å². The number of rotatable bonds is 8. The number of anilines is 1. The van der Waals surface area contributed by atoms with Crippen molar-refractivity contribution in [3.05, 3.63) is 77.0 Å². The van der Waals surface area contributed by atoms with Gasteiger partial charge in [-0.15, -0.1) is 10.2 Å². The molecule has 1 N–H and O–H groups in total. The molecule has 8 heteroatoms. The number of benzene rings is 2. The molecule has 2 heterocycles. The Balaban J connectivity index is 1.16. The van der Waals surface area contributed by atoms with E-state index in [9.17, 15) is 4.79 Å². The van der Waals surface area contributed by atoms with Crippen LogP contribution in [0.2, 0.25) is 5.02 Å². The third-order valence-electron chi connectivity index (χ3n) is 5.39. The molecule has 0 bridgehead atoms. The van der Waals surface area contributed by atoms with Crippen LogP contribution < -0.4 is 10.2 Å². The SMILES string of the molecule is O=C(NCCCN1CCN(c2ccccc2)CC1)c1nnc(Cc2ccccc2Cl)o1. The minimum absolute atomic E-state index is 0.0153. The highest BCUT2D eigenvalue weighted by Crippen LogP contribution is 2.18. The van der Waals surface area contributed by atoms with Gasteiger partial charge in [0.05, 0.1) is 6.42 Å². The minimum atomic E-state index is -0.341. The van der Waals surface area contributed by atoms with E-state index in [0.717, 1.165) is 44.7 Å². The van der Waals surface area contributed by atoms with Crippen molar-refractivity contribution >= 4 is 23.2 Å². The molecule has 1 aliphatic rings.